The average Bonchev–Trinajstić information content (AvgIpc) is 2.80. The van der Waals surface area contributed by atoms with Crippen LogP contribution in [0.3, 0.4) is 0 Å². The molecule has 0 radical (unpaired) electrons. The molecule has 3 aromatic rings. The third-order valence-electron chi connectivity index (χ3n) is 4.74. The molecule has 0 saturated heterocycles. The van der Waals surface area contributed by atoms with Crippen LogP contribution in [0.25, 0.3) is 0 Å². The Hall–Kier alpha value is -3.20. The summed E-state index contributed by atoms with van der Waals surface area (Å²) in [5, 5.41) is 0. The van der Waals surface area contributed by atoms with Gasteiger partial charge in [0.25, 0.3) is 5.91 Å². The van der Waals surface area contributed by atoms with E-state index in [1.165, 1.54) is 0 Å². The Morgan fingerprint density at radius 1 is 0.846 bits per heavy atom. The zero-order chi connectivity index (χ0) is 17.9. The highest BCUT2D eigenvalue weighted by molar-refractivity contribution is 6.20. The summed E-state index contributed by atoms with van der Waals surface area (Å²) < 4.78 is 0. The molecule has 1 heterocycles. The number of carbonyl (C=O) groups excluding carboxylic acids is 1. The van der Waals surface area contributed by atoms with Gasteiger partial charge in [-0.25, -0.2) is 0 Å². The van der Waals surface area contributed by atoms with Gasteiger partial charge >= 0.3 is 0 Å². The van der Waals surface area contributed by atoms with E-state index in [1.807, 2.05) is 92.0 Å². The number of nitrogens with zero attached hydrogens (tertiary/aromatic N) is 2. The maximum absolute atomic E-state index is 13.1. The van der Waals surface area contributed by atoms with Crippen LogP contribution in [0.2, 0.25) is 0 Å². The minimum Gasteiger partial charge on any atom is -0.313 e. The monoisotopic (exact) mass is 340 g/mol. The molecule has 0 N–H and O–H groups in total. The molecule has 3 nitrogen and oxygen atoms in total. The Morgan fingerprint density at radius 2 is 1.46 bits per heavy atom. The summed E-state index contributed by atoms with van der Waals surface area (Å²) in [6.07, 6.45) is 0.592. The summed E-state index contributed by atoms with van der Waals surface area (Å²) in [4.78, 5) is 19.8. The number of carbonyl (C=O) groups is 1. The molecule has 0 aliphatic carbocycles. The SMILES string of the molecule is CN1C(=O)[C@H](Cc2ccccc2)N=C(c2ccccc2)c2ccccc21. The number of benzodiazepines with no additional fused rings is 1. The predicted octanol–water partition coefficient (Wildman–Crippen LogP) is 4.11. The van der Waals surface area contributed by atoms with E-state index in [0.29, 0.717) is 6.42 Å². The van der Waals surface area contributed by atoms with E-state index in [4.69, 9.17) is 4.99 Å². The van der Waals surface area contributed by atoms with Crippen LogP contribution in [-0.2, 0) is 11.2 Å². The maximum atomic E-state index is 13.1. The van der Waals surface area contributed by atoms with E-state index in [0.717, 1.165) is 28.1 Å². The molecule has 0 spiro atoms. The normalized spacial score (nSPS) is 16.7. The van der Waals surface area contributed by atoms with Gasteiger partial charge in [-0.2, -0.15) is 0 Å². The Morgan fingerprint density at radius 3 is 2.19 bits per heavy atom. The van der Waals surface area contributed by atoms with Crippen LogP contribution in [-0.4, -0.2) is 24.7 Å². The van der Waals surface area contributed by atoms with Crippen LogP contribution in [0, 0.1) is 0 Å². The molecule has 128 valence electrons. The Labute approximate surface area is 153 Å². The van der Waals surface area contributed by atoms with Crippen molar-refractivity contribution in [1.29, 1.82) is 0 Å². The minimum absolute atomic E-state index is 0.0206. The molecule has 0 unspecified atom stereocenters. The molecule has 3 heteroatoms. The predicted molar refractivity (Wildman–Crippen MR) is 106 cm³/mol. The van der Waals surface area contributed by atoms with E-state index in [2.05, 4.69) is 0 Å². The van der Waals surface area contributed by atoms with Crippen LogP contribution >= 0.6 is 0 Å². The van der Waals surface area contributed by atoms with Crippen molar-refractivity contribution < 1.29 is 4.79 Å². The lowest BCUT2D eigenvalue weighted by molar-refractivity contribution is -0.119. The highest BCUT2D eigenvalue weighted by atomic mass is 16.2. The van der Waals surface area contributed by atoms with Gasteiger partial charge in [0.1, 0.15) is 6.04 Å². The zero-order valence-electron chi connectivity index (χ0n) is 14.7. The Kier molecular flexibility index (Phi) is 4.36. The molecule has 1 aliphatic rings. The largest absolute Gasteiger partial charge is 0.313 e. The molecule has 0 saturated carbocycles. The van der Waals surface area contributed by atoms with E-state index >= 15 is 0 Å². The third kappa shape index (κ3) is 3.04. The Balaban J connectivity index is 1.85. The average molecular weight is 340 g/mol. The summed E-state index contributed by atoms with van der Waals surface area (Å²) in [6.45, 7) is 0. The quantitative estimate of drug-likeness (QED) is 0.706. The van der Waals surface area contributed by atoms with Crippen molar-refractivity contribution >= 4 is 17.3 Å². The van der Waals surface area contributed by atoms with E-state index in [-0.39, 0.29) is 5.91 Å². The van der Waals surface area contributed by atoms with Gasteiger partial charge in [-0.3, -0.25) is 9.79 Å². The lowest BCUT2D eigenvalue weighted by Crippen LogP contribution is -2.36. The van der Waals surface area contributed by atoms with Crippen LogP contribution in [0.4, 0.5) is 5.69 Å². The molecule has 0 aromatic heterocycles. The summed E-state index contributed by atoms with van der Waals surface area (Å²) in [7, 11) is 1.84. The summed E-state index contributed by atoms with van der Waals surface area (Å²) in [6, 6.07) is 27.7. The molecule has 1 amide bonds. The molecular formula is C23H20N2O. The van der Waals surface area contributed by atoms with E-state index in [1.54, 1.807) is 4.90 Å². The molecule has 0 bridgehead atoms. The van der Waals surface area contributed by atoms with Crippen molar-refractivity contribution in [2.75, 3.05) is 11.9 Å². The van der Waals surface area contributed by atoms with Gasteiger partial charge in [0.15, 0.2) is 0 Å². The number of para-hydroxylation sites is 1. The second-order valence-electron chi connectivity index (χ2n) is 6.46. The number of aliphatic imine (C=N–C) groups is 1. The Bertz CT molecular complexity index is 948. The van der Waals surface area contributed by atoms with Crippen molar-refractivity contribution in [3.05, 3.63) is 102 Å². The topological polar surface area (TPSA) is 32.7 Å². The van der Waals surface area contributed by atoms with Crippen molar-refractivity contribution in [2.45, 2.75) is 12.5 Å². The van der Waals surface area contributed by atoms with Gasteiger partial charge in [-0.05, 0) is 11.6 Å². The molecule has 1 aliphatic heterocycles. The molecule has 0 fully saturated rings. The first kappa shape index (κ1) is 16.3. The van der Waals surface area contributed by atoms with Crippen molar-refractivity contribution in [3.8, 4) is 0 Å². The van der Waals surface area contributed by atoms with Crippen molar-refractivity contribution in [2.24, 2.45) is 4.99 Å². The van der Waals surface area contributed by atoms with Crippen LogP contribution < -0.4 is 4.90 Å². The van der Waals surface area contributed by atoms with Gasteiger partial charge < -0.3 is 4.90 Å². The fourth-order valence-electron chi connectivity index (χ4n) is 3.39. The minimum atomic E-state index is -0.440. The molecular weight excluding hydrogens is 320 g/mol. The number of anilines is 1. The second kappa shape index (κ2) is 6.96. The summed E-state index contributed by atoms with van der Waals surface area (Å²) in [5.41, 5.74) is 4.91. The highest BCUT2D eigenvalue weighted by Crippen LogP contribution is 2.28. The number of likely N-dealkylation sites (N-methyl/N-ethyl adjacent to an activating group) is 1. The summed E-state index contributed by atoms with van der Waals surface area (Å²) in [5.74, 6) is 0.0206. The van der Waals surface area contributed by atoms with Crippen molar-refractivity contribution in [1.82, 2.24) is 0 Å². The zero-order valence-corrected chi connectivity index (χ0v) is 14.7. The van der Waals surface area contributed by atoms with Gasteiger partial charge in [-0.15, -0.1) is 0 Å². The fourth-order valence-corrected chi connectivity index (χ4v) is 3.39. The lowest BCUT2D eigenvalue weighted by atomic mass is 10.0. The highest BCUT2D eigenvalue weighted by Gasteiger charge is 2.29. The lowest BCUT2D eigenvalue weighted by Gasteiger charge is -2.20. The fraction of sp³-hybridized carbons (Fsp3) is 0.130. The van der Waals surface area contributed by atoms with E-state index in [9.17, 15) is 4.79 Å². The molecule has 26 heavy (non-hydrogen) atoms. The second-order valence-corrected chi connectivity index (χ2v) is 6.46. The van der Waals surface area contributed by atoms with Gasteiger partial charge in [0.05, 0.1) is 11.4 Å². The number of fused-ring (bicyclic) bond motifs is 1. The number of hydrogen-bond acceptors (Lipinski definition) is 2. The molecule has 1 atom stereocenters. The van der Waals surface area contributed by atoms with Gasteiger partial charge in [0, 0.05) is 24.6 Å². The first-order valence-corrected chi connectivity index (χ1v) is 8.78. The van der Waals surface area contributed by atoms with Gasteiger partial charge in [-0.1, -0.05) is 78.9 Å². The number of benzene rings is 3. The number of amides is 1. The number of rotatable bonds is 3. The van der Waals surface area contributed by atoms with Crippen LogP contribution in [0.5, 0.6) is 0 Å². The standard InChI is InChI=1S/C23H20N2O/c1-25-21-15-9-8-14-19(21)22(18-12-6-3-7-13-18)24-20(23(25)26)16-17-10-4-2-5-11-17/h2-15,20H,16H2,1H3/t20-/m0/s1. The molecule has 4 rings (SSSR count). The number of hydrogen-bond donors (Lipinski definition) is 0. The first-order valence-electron chi connectivity index (χ1n) is 8.78. The van der Waals surface area contributed by atoms with E-state index < -0.39 is 6.04 Å². The summed E-state index contributed by atoms with van der Waals surface area (Å²) >= 11 is 0. The van der Waals surface area contributed by atoms with Crippen molar-refractivity contribution in [3.63, 3.8) is 0 Å². The third-order valence-corrected chi connectivity index (χ3v) is 4.74. The molecule has 3 aromatic carbocycles. The smallest absolute Gasteiger partial charge is 0.251 e. The van der Waals surface area contributed by atoms with Gasteiger partial charge in [0.2, 0.25) is 0 Å². The van der Waals surface area contributed by atoms with Crippen LogP contribution in [0.1, 0.15) is 16.7 Å². The first-order chi connectivity index (χ1) is 12.7. The maximum Gasteiger partial charge on any atom is 0.251 e. The van der Waals surface area contributed by atoms with Crippen LogP contribution in [0.15, 0.2) is 89.9 Å².